The maximum absolute atomic E-state index is 11.9. The molecule has 0 spiro atoms. The van der Waals surface area contributed by atoms with Gasteiger partial charge >= 0.3 is 11.9 Å². The van der Waals surface area contributed by atoms with E-state index >= 15 is 0 Å². The summed E-state index contributed by atoms with van der Waals surface area (Å²) in [7, 11) is 1.18. The van der Waals surface area contributed by atoms with Crippen LogP contribution in [0.3, 0.4) is 0 Å². The monoisotopic (exact) mass is 300 g/mol. The Hall–Kier alpha value is -1.63. The summed E-state index contributed by atoms with van der Waals surface area (Å²) in [5.74, 6) is -1.64. The minimum absolute atomic E-state index is 0.172. The van der Waals surface area contributed by atoms with Crippen LogP contribution in [0.5, 0.6) is 0 Å². The van der Waals surface area contributed by atoms with E-state index in [4.69, 9.17) is 5.11 Å². The number of methoxy groups -OCH3 is 1. The average Bonchev–Trinajstić information content (AvgIpc) is 2.47. The zero-order chi connectivity index (χ0) is 15.8. The molecule has 1 saturated heterocycles. The first kappa shape index (κ1) is 17.4. The van der Waals surface area contributed by atoms with E-state index in [0.717, 1.165) is 25.9 Å². The van der Waals surface area contributed by atoms with Gasteiger partial charge in [0, 0.05) is 6.42 Å². The number of carbonyl (C=O) groups is 3. The Kier molecular flexibility index (Phi) is 7.14. The maximum Gasteiger partial charge on any atom is 0.326 e. The van der Waals surface area contributed by atoms with Gasteiger partial charge in [0.2, 0.25) is 5.91 Å². The van der Waals surface area contributed by atoms with Gasteiger partial charge in [-0.3, -0.25) is 9.59 Å². The third kappa shape index (κ3) is 6.12. The highest BCUT2D eigenvalue weighted by molar-refractivity contribution is 5.87. The Balaban J connectivity index is 2.45. The van der Waals surface area contributed by atoms with E-state index in [-0.39, 0.29) is 24.7 Å². The largest absolute Gasteiger partial charge is 0.480 e. The number of carbonyl (C=O) groups excluding carboxylic acids is 2. The quantitative estimate of drug-likeness (QED) is 0.578. The molecule has 1 aliphatic heterocycles. The molecule has 1 amide bonds. The predicted molar refractivity (Wildman–Crippen MR) is 75.6 cm³/mol. The summed E-state index contributed by atoms with van der Waals surface area (Å²) in [5.41, 5.74) is 0. The molecule has 0 aromatic carbocycles. The van der Waals surface area contributed by atoms with Crippen molar-refractivity contribution >= 4 is 17.8 Å². The maximum atomic E-state index is 11.9. The van der Waals surface area contributed by atoms with Crippen molar-refractivity contribution < 1.29 is 24.2 Å². The van der Waals surface area contributed by atoms with Gasteiger partial charge in [0.15, 0.2) is 0 Å². The fourth-order valence-corrected chi connectivity index (χ4v) is 2.53. The number of hydrogen-bond donors (Lipinski definition) is 3. The molecule has 7 heteroatoms. The average molecular weight is 300 g/mol. The van der Waals surface area contributed by atoms with Gasteiger partial charge in [0.25, 0.3) is 0 Å². The molecular weight excluding hydrogens is 276 g/mol. The highest BCUT2D eigenvalue weighted by atomic mass is 16.5. The van der Waals surface area contributed by atoms with Gasteiger partial charge in [-0.2, -0.15) is 0 Å². The summed E-state index contributed by atoms with van der Waals surface area (Å²) < 4.78 is 4.43. The number of carboxylic acids is 1. The van der Waals surface area contributed by atoms with Crippen LogP contribution in [-0.2, 0) is 19.1 Å². The molecule has 21 heavy (non-hydrogen) atoms. The summed E-state index contributed by atoms with van der Waals surface area (Å²) in [5, 5.41) is 14.7. The van der Waals surface area contributed by atoms with E-state index in [9.17, 15) is 14.4 Å². The fraction of sp³-hybridized carbons (Fsp3) is 0.786. The second-order valence-electron chi connectivity index (χ2n) is 5.53. The Bertz CT molecular complexity index is 380. The lowest BCUT2D eigenvalue weighted by Gasteiger charge is -2.28. The highest BCUT2D eigenvalue weighted by Gasteiger charge is 2.26. The number of esters is 1. The van der Waals surface area contributed by atoms with Crippen molar-refractivity contribution in [1.29, 1.82) is 0 Å². The van der Waals surface area contributed by atoms with Gasteiger partial charge in [0.05, 0.1) is 13.5 Å². The van der Waals surface area contributed by atoms with Crippen molar-refractivity contribution in [2.75, 3.05) is 20.2 Å². The van der Waals surface area contributed by atoms with Crippen molar-refractivity contribution in [3.63, 3.8) is 0 Å². The van der Waals surface area contributed by atoms with Crippen LogP contribution in [0.2, 0.25) is 0 Å². The first-order chi connectivity index (χ1) is 9.93. The van der Waals surface area contributed by atoms with E-state index in [0.29, 0.717) is 5.92 Å². The normalized spacial score (nSPS) is 21.1. The first-order valence-corrected chi connectivity index (χ1v) is 7.23. The summed E-state index contributed by atoms with van der Waals surface area (Å²) in [6.45, 7) is 3.89. The second kappa shape index (κ2) is 8.61. The molecule has 2 unspecified atom stereocenters. The SMILES string of the molecule is COC(=O)C[C@H](NC(=O)CC(C)C1CCCNC1)C(=O)O. The lowest BCUT2D eigenvalue weighted by Crippen LogP contribution is -2.43. The molecule has 1 rings (SSSR count). The van der Waals surface area contributed by atoms with Gasteiger partial charge in [-0.25, -0.2) is 4.79 Å². The van der Waals surface area contributed by atoms with Crippen molar-refractivity contribution in [1.82, 2.24) is 10.6 Å². The Morgan fingerprint density at radius 2 is 2.10 bits per heavy atom. The number of carboxylic acid groups (broad SMARTS) is 1. The summed E-state index contributed by atoms with van der Waals surface area (Å²) in [4.78, 5) is 34.1. The number of ether oxygens (including phenoxy) is 1. The topological polar surface area (TPSA) is 105 Å². The summed E-state index contributed by atoms with van der Waals surface area (Å²) in [6.07, 6.45) is 2.07. The highest BCUT2D eigenvalue weighted by Crippen LogP contribution is 2.22. The van der Waals surface area contributed by atoms with Gasteiger partial charge in [0.1, 0.15) is 6.04 Å². The number of aliphatic carboxylic acids is 1. The second-order valence-corrected chi connectivity index (χ2v) is 5.53. The van der Waals surface area contributed by atoms with Crippen LogP contribution in [0.15, 0.2) is 0 Å². The van der Waals surface area contributed by atoms with E-state index in [1.165, 1.54) is 7.11 Å². The zero-order valence-electron chi connectivity index (χ0n) is 12.6. The molecule has 0 saturated carbocycles. The molecular formula is C14H24N2O5. The molecule has 0 bridgehead atoms. The predicted octanol–water partition coefficient (Wildman–Crippen LogP) is 0.145. The molecule has 0 radical (unpaired) electrons. The smallest absolute Gasteiger partial charge is 0.326 e. The van der Waals surface area contributed by atoms with E-state index in [1.54, 1.807) is 0 Å². The molecule has 3 atom stereocenters. The minimum atomic E-state index is -1.24. The lowest BCUT2D eigenvalue weighted by atomic mass is 9.85. The third-order valence-electron chi connectivity index (χ3n) is 3.88. The van der Waals surface area contributed by atoms with Crippen molar-refractivity contribution in [3.8, 4) is 0 Å². The molecule has 3 N–H and O–H groups in total. The Morgan fingerprint density at radius 1 is 1.38 bits per heavy atom. The molecule has 0 aromatic rings. The number of rotatable bonds is 7. The first-order valence-electron chi connectivity index (χ1n) is 7.23. The Labute approximate surface area is 124 Å². The molecule has 1 heterocycles. The lowest BCUT2D eigenvalue weighted by molar-refractivity contribution is -0.148. The number of amides is 1. The van der Waals surface area contributed by atoms with E-state index < -0.39 is 18.0 Å². The summed E-state index contributed by atoms with van der Waals surface area (Å²) >= 11 is 0. The van der Waals surface area contributed by atoms with E-state index in [1.807, 2.05) is 6.92 Å². The van der Waals surface area contributed by atoms with Crippen LogP contribution in [0.4, 0.5) is 0 Å². The molecule has 1 aliphatic rings. The van der Waals surface area contributed by atoms with Gasteiger partial charge < -0.3 is 20.5 Å². The summed E-state index contributed by atoms with van der Waals surface area (Å²) in [6, 6.07) is -1.23. The molecule has 7 nitrogen and oxygen atoms in total. The standard InChI is InChI=1S/C14H24N2O5/c1-9(10-4-3-5-15-8-10)6-12(17)16-11(14(19)20)7-13(18)21-2/h9-11,15H,3-8H2,1-2H3,(H,16,17)(H,19,20)/t9?,10?,11-/m0/s1. The molecule has 1 fully saturated rings. The third-order valence-corrected chi connectivity index (χ3v) is 3.88. The van der Waals surface area contributed by atoms with Crippen molar-refractivity contribution in [3.05, 3.63) is 0 Å². The minimum Gasteiger partial charge on any atom is -0.480 e. The molecule has 120 valence electrons. The molecule has 0 aromatic heterocycles. The Morgan fingerprint density at radius 3 is 2.62 bits per heavy atom. The number of nitrogens with one attached hydrogen (secondary N) is 2. The zero-order valence-corrected chi connectivity index (χ0v) is 12.6. The van der Waals surface area contributed by atoms with E-state index in [2.05, 4.69) is 15.4 Å². The van der Waals surface area contributed by atoms with Crippen LogP contribution in [0.25, 0.3) is 0 Å². The van der Waals surface area contributed by atoms with Crippen LogP contribution >= 0.6 is 0 Å². The van der Waals surface area contributed by atoms with Crippen LogP contribution < -0.4 is 10.6 Å². The van der Waals surface area contributed by atoms with Crippen molar-refractivity contribution in [2.45, 2.75) is 38.6 Å². The number of piperidine rings is 1. The van der Waals surface area contributed by atoms with Crippen LogP contribution in [0, 0.1) is 11.8 Å². The molecule has 0 aliphatic carbocycles. The number of hydrogen-bond acceptors (Lipinski definition) is 5. The van der Waals surface area contributed by atoms with Crippen LogP contribution in [-0.4, -0.2) is 49.2 Å². The van der Waals surface area contributed by atoms with Crippen molar-refractivity contribution in [2.24, 2.45) is 11.8 Å². The fourth-order valence-electron chi connectivity index (χ4n) is 2.53. The van der Waals surface area contributed by atoms with Gasteiger partial charge in [-0.1, -0.05) is 6.92 Å². The van der Waals surface area contributed by atoms with Crippen LogP contribution in [0.1, 0.15) is 32.6 Å². The van der Waals surface area contributed by atoms with Gasteiger partial charge in [-0.05, 0) is 37.8 Å². The van der Waals surface area contributed by atoms with Gasteiger partial charge in [-0.15, -0.1) is 0 Å².